The fraction of sp³-hybridized carbons (Fsp3) is 0.500. The zero-order valence-electron chi connectivity index (χ0n) is 18.0. The fourth-order valence-corrected chi connectivity index (χ4v) is 3.64. The van der Waals surface area contributed by atoms with Crippen molar-refractivity contribution in [3.63, 3.8) is 0 Å². The highest BCUT2D eigenvalue weighted by Gasteiger charge is 2.23. The Bertz CT molecular complexity index is 767. The van der Waals surface area contributed by atoms with Gasteiger partial charge in [0.25, 0.3) is 0 Å². The Balaban J connectivity index is 1.66. The molecule has 1 atom stereocenters. The molecule has 1 aliphatic rings. The third kappa shape index (κ3) is 5.23. The minimum absolute atomic E-state index is 0.119. The summed E-state index contributed by atoms with van der Waals surface area (Å²) in [5, 5.41) is 3.45. The molecule has 1 aromatic carbocycles. The van der Waals surface area contributed by atoms with E-state index in [9.17, 15) is 0 Å². The van der Waals surface area contributed by atoms with Crippen LogP contribution < -0.4 is 15.0 Å². The minimum atomic E-state index is 0.119. The van der Waals surface area contributed by atoms with Crippen LogP contribution in [0.15, 0.2) is 52.1 Å². The summed E-state index contributed by atoms with van der Waals surface area (Å²) in [5.74, 6) is 2.83. The van der Waals surface area contributed by atoms with Gasteiger partial charge in [0.2, 0.25) is 0 Å². The van der Waals surface area contributed by atoms with Crippen LogP contribution in [0.1, 0.15) is 18.7 Å². The molecule has 1 saturated heterocycles. The van der Waals surface area contributed by atoms with E-state index in [4.69, 9.17) is 14.1 Å². The lowest BCUT2D eigenvalue weighted by molar-refractivity contribution is 0.263. The van der Waals surface area contributed by atoms with Crippen molar-refractivity contribution in [3.8, 4) is 5.75 Å². The number of piperazine rings is 1. The molecule has 1 aromatic heterocycles. The number of nitrogens with one attached hydrogen (secondary N) is 1. The number of likely N-dealkylation sites (N-methyl/N-ethyl adjacent to an activating group) is 1. The molecule has 2 heterocycles. The van der Waals surface area contributed by atoms with Crippen LogP contribution in [0.5, 0.6) is 5.75 Å². The van der Waals surface area contributed by atoms with Gasteiger partial charge in [-0.1, -0.05) is 12.1 Å². The van der Waals surface area contributed by atoms with Crippen LogP contribution in [0.2, 0.25) is 0 Å². The molecule has 7 nitrogen and oxygen atoms in total. The summed E-state index contributed by atoms with van der Waals surface area (Å²) in [6, 6.07) is 12.3. The summed E-state index contributed by atoms with van der Waals surface area (Å²) in [6.07, 6.45) is 1.72. The lowest BCUT2D eigenvalue weighted by Crippen LogP contribution is -2.52. The van der Waals surface area contributed by atoms with E-state index >= 15 is 0 Å². The number of anilines is 1. The van der Waals surface area contributed by atoms with E-state index in [0.717, 1.165) is 55.9 Å². The molecule has 3 rings (SSSR count). The number of aliphatic imine (C=N–C) groups is 1. The van der Waals surface area contributed by atoms with E-state index in [2.05, 4.69) is 53.2 Å². The Morgan fingerprint density at radius 1 is 1.17 bits per heavy atom. The SMILES string of the molecule is CCNC(=NCC(c1ccco1)N(C)C)N1CCN(c2ccccc2OC)CC1. The highest BCUT2D eigenvalue weighted by atomic mass is 16.5. The number of rotatable bonds is 7. The van der Waals surface area contributed by atoms with Gasteiger partial charge in [-0.05, 0) is 45.3 Å². The Morgan fingerprint density at radius 2 is 1.93 bits per heavy atom. The quantitative estimate of drug-likeness (QED) is 0.571. The normalized spacial score (nSPS) is 16.2. The number of benzene rings is 1. The second-order valence-electron chi connectivity index (χ2n) is 7.34. The first-order valence-corrected chi connectivity index (χ1v) is 10.2. The zero-order chi connectivity index (χ0) is 20.6. The first-order valence-electron chi connectivity index (χ1n) is 10.2. The molecule has 1 N–H and O–H groups in total. The average Bonchev–Trinajstić information content (AvgIpc) is 3.27. The van der Waals surface area contributed by atoms with E-state index in [1.807, 2.05) is 24.3 Å². The third-order valence-electron chi connectivity index (χ3n) is 5.25. The molecule has 2 aromatic rings. The van der Waals surface area contributed by atoms with Gasteiger partial charge in [-0.15, -0.1) is 0 Å². The zero-order valence-corrected chi connectivity index (χ0v) is 18.0. The first-order chi connectivity index (χ1) is 14.1. The van der Waals surface area contributed by atoms with Crippen molar-refractivity contribution in [2.24, 2.45) is 4.99 Å². The second-order valence-corrected chi connectivity index (χ2v) is 7.34. The third-order valence-corrected chi connectivity index (χ3v) is 5.25. The molecule has 1 unspecified atom stereocenters. The maximum absolute atomic E-state index is 5.62. The van der Waals surface area contributed by atoms with Gasteiger partial charge < -0.3 is 24.3 Å². The summed E-state index contributed by atoms with van der Waals surface area (Å²) in [7, 11) is 5.84. The van der Waals surface area contributed by atoms with Gasteiger partial charge in [-0.25, -0.2) is 0 Å². The van der Waals surface area contributed by atoms with Crippen LogP contribution in [0, 0.1) is 0 Å². The number of nitrogens with zero attached hydrogens (tertiary/aromatic N) is 4. The van der Waals surface area contributed by atoms with Gasteiger partial charge in [0, 0.05) is 32.7 Å². The number of furan rings is 1. The molecule has 0 radical (unpaired) electrons. The molecule has 0 amide bonds. The van der Waals surface area contributed by atoms with Gasteiger partial charge in [0.05, 0.1) is 31.6 Å². The lowest BCUT2D eigenvalue weighted by atomic mass is 10.2. The van der Waals surface area contributed by atoms with Crippen LogP contribution >= 0.6 is 0 Å². The van der Waals surface area contributed by atoms with Crippen molar-refractivity contribution < 1.29 is 9.15 Å². The molecule has 158 valence electrons. The molecule has 29 heavy (non-hydrogen) atoms. The summed E-state index contributed by atoms with van der Waals surface area (Å²) in [6.45, 7) is 7.29. The van der Waals surface area contributed by atoms with Gasteiger partial charge >= 0.3 is 0 Å². The van der Waals surface area contributed by atoms with E-state index in [1.165, 1.54) is 0 Å². The highest BCUT2D eigenvalue weighted by molar-refractivity contribution is 5.80. The predicted molar refractivity (Wildman–Crippen MR) is 118 cm³/mol. The van der Waals surface area contributed by atoms with Gasteiger partial charge in [0.15, 0.2) is 5.96 Å². The first kappa shape index (κ1) is 21.0. The van der Waals surface area contributed by atoms with Crippen LogP contribution in [0.4, 0.5) is 5.69 Å². The van der Waals surface area contributed by atoms with Gasteiger partial charge in [-0.2, -0.15) is 0 Å². The van der Waals surface area contributed by atoms with Gasteiger partial charge in [0.1, 0.15) is 11.5 Å². The maximum Gasteiger partial charge on any atom is 0.194 e. The molecule has 1 fully saturated rings. The summed E-state index contributed by atoms with van der Waals surface area (Å²) >= 11 is 0. The number of hydrogen-bond donors (Lipinski definition) is 1. The summed E-state index contributed by atoms with van der Waals surface area (Å²) < 4.78 is 11.1. The fourth-order valence-electron chi connectivity index (χ4n) is 3.64. The maximum atomic E-state index is 5.62. The van der Waals surface area contributed by atoms with Gasteiger partial charge in [-0.3, -0.25) is 9.89 Å². The monoisotopic (exact) mass is 399 g/mol. The van der Waals surface area contributed by atoms with E-state index in [1.54, 1.807) is 13.4 Å². The number of guanidine groups is 1. The molecule has 0 spiro atoms. The minimum Gasteiger partial charge on any atom is -0.495 e. The standard InChI is InChI=1S/C22H33N5O2/c1-5-23-22(24-17-19(25(2)3)21-11-8-16-29-21)27-14-12-26(13-15-27)18-9-6-7-10-20(18)28-4/h6-11,16,19H,5,12-15,17H2,1-4H3,(H,23,24). The highest BCUT2D eigenvalue weighted by Crippen LogP contribution is 2.28. The number of ether oxygens (including phenoxy) is 1. The predicted octanol–water partition coefficient (Wildman–Crippen LogP) is 2.68. The van der Waals surface area contributed by atoms with Crippen LogP contribution in [-0.4, -0.2) is 76.2 Å². The largest absolute Gasteiger partial charge is 0.495 e. The van der Waals surface area contributed by atoms with Crippen molar-refractivity contribution in [3.05, 3.63) is 48.4 Å². The topological polar surface area (TPSA) is 56.5 Å². The number of para-hydroxylation sites is 2. The molecular formula is C22H33N5O2. The van der Waals surface area contributed by atoms with Crippen molar-refractivity contribution >= 4 is 11.6 Å². The van der Waals surface area contributed by atoms with E-state index in [0.29, 0.717) is 6.54 Å². The Labute approximate surface area is 173 Å². The Morgan fingerprint density at radius 3 is 2.55 bits per heavy atom. The Kier molecular flexibility index (Phi) is 7.41. The molecule has 1 aliphatic heterocycles. The smallest absolute Gasteiger partial charge is 0.194 e. The summed E-state index contributed by atoms with van der Waals surface area (Å²) in [4.78, 5) is 11.8. The Hall–Kier alpha value is -2.67. The van der Waals surface area contributed by atoms with Crippen LogP contribution in [0.3, 0.4) is 0 Å². The van der Waals surface area contributed by atoms with E-state index in [-0.39, 0.29) is 6.04 Å². The lowest BCUT2D eigenvalue weighted by Gasteiger charge is -2.38. The average molecular weight is 400 g/mol. The van der Waals surface area contributed by atoms with Crippen LogP contribution in [-0.2, 0) is 0 Å². The van der Waals surface area contributed by atoms with Crippen molar-refractivity contribution in [1.82, 2.24) is 15.1 Å². The number of methoxy groups -OCH3 is 1. The van der Waals surface area contributed by atoms with Crippen LogP contribution in [0.25, 0.3) is 0 Å². The molecule has 0 bridgehead atoms. The molecule has 0 saturated carbocycles. The molecule has 0 aliphatic carbocycles. The summed E-state index contributed by atoms with van der Waals surface area (Å²) in [5.41, 5.74) is 1.15. The molecule has 7 heteroatoms. The van der Waals surface area contributed by atoms with Crippen molar-refractivity contribution in [2.75, 3.05) is 65.4 Å². The van der Waals surface area contributed by atoms with Crippen molar-refractivity contribution in [1.29, 1.82) is 0 Å². The molecular weight excluding hydrogens is 366 g/mol. The number of hydrogen-bond acceptors (Lipinski definition) is 5. The second kappa shape index (κ2) is 10.2. The van der Waals surface area contributed by atoms with Crippen molar-refractivity contribution in [2.45, 2.75) is 13.0 Å². The van der Waals surface area contributed by atoms with E-state index < -0.39 is 0 Å².